The number of aromatic amines is 1. The number of hydrazone groups is 1. The Morgan fingerprint density at radius 2 is 2.09 bits per heavy atom. The van der Waals surface area contributed by atoms with Gasteiger partial charge in [0.05, 0.1) is 16.8 Å². The van der Waals surface area contributed by atoms with Crippen molar-refractivity contribution < 1.29 is 9.90 Å². The molecule has 0 saturated carbocycles. The topological polar surface area (TPSA) is 90.4 Å². The molecular formula is C16H14N4O2S. The molecule has 1 amide bonds. The number of carbonyl (C=O) groups excluding carboxylic acids is 1. The highest BCUT2D eigenvalue weighted by molar-refractivity contribution is 7.15. The number of hydrogen-bond donors (Lipinski definition) is 3. The largest absolute Gasteiger partial charge is 0.508 e. The van der Waals surface area contributed by atoms with Crippen LogP contribution in [0.1, 0.15) is 20.9 Å². The van der Waals surface area contributed by atoms with E-state index in [0.29, 0.717) is 0 Å². The van der Waals surface area contributed by atoms with Gasteiger partial charge < -0.3 is 5.11 Å². The lowest BCUT2D eigenvalue weighted by Crippen LogP contribution is -2.17. The van der Waals surface area contributed by atoms with E-state index in [1.807, 2.05) is 19.1 Å². The number of aromatic hydroxyl groups is 1. The second-order valence-electron chi connectivity index (χ2n) is 4.87. The van der Waals surface area contributed by atoms with Crippen molar-refractivity contribution in [2.24, 2.45) is 5.10 Å². The normalized spacial score (nSPS) is 11.0. The van der Waals surface area contributed by atoms with E-state index in [1.165, 1.54) is 11.1 Å². The first kappa shape index (κ1) is 15.0. The van der Waals surface area contributed by atoms with E-state index in [-0.39, 0.29) is 11.4 Å². The van der Waals surface area contributed by atoms with Crippen LogP contribution in [0.15, 0.2) is 47.6 Å². The number of rotatable bonds is 4. The van der Waals surface area contributed by atoms with E-state index in [9.17, 15) is 9.90 Å². The number of phenolic OH excluding ortho intramolecular Hbond substituents is 1. The molecule has 3 N–H and O–H groups in total. The highest BCUT2D eigenvalue weighted by Gasteiger charge is 2.11. The first-order valence-corrected chi connectivity index (χ1v) is 7.68. The zero-order valence-corrected chi connectivity index (χ0v) is 13.1. The molecule has 0 atom stereocenters. The fourth-order valence-electron chi connectivity index (χ4n) is 1.93. The second-order valence-corrected chi connectivity index (χ2v) is 6.16. The van der Waals surface area contributed by atoms with Gasteiger partial charge in [-0.05, 0) is 55.0 Å². The summed E-state index contributed by atoms with van der Waals surface area (Å²) in [4.78, 5) is 14.2. The maximum Gasteiger partial charge on any atom is 0.291 e. The van der Waals surface area contributed by atoms with Gasteiger partial charge in [-0.3, -0.25) is 9.89 Å². The molecule has 116 valence electrons. The lowest BCUT2D eigenvalue weighted by Gasteiger charge is -1.95. The number of aromatic nitrogens is 2. The Hall–Kier alpha value is -2.93. The van der Waals surface area contributed by atoms with Gasteiger partial charge in [-0.1, -0.05) is 0 Å². The summed E-state index contributed by atoms with van der Waals surface area (Å²) in [6, 6.07) is 12.2. The molecule has 6 nitrogen and oxygen atoms in total. The summed E-state index contributed by atoms with van der Waals surface area (Å²) in [7, 11) is 0. The third-order valence-electron chi connectivity index (χ3n) is 3.09. The third kappa shape index (κ3) is 3.64. The van der Waals surface area contributed by atoms with Gasteiger partial charge in [0.25, 0.3) is 5.91 Å². The Morgan fingerprint density at radius 3 is 2.78 bits per heavy atom. The molecule has 0 radical (unpaired) electrons. The SMILES string of the molecule is Cc1ccc(-c2cc(C(=O)N/N=C\c3ccc(O)cc3)n[nH]2)s1. The Labute approximate surface area is 136 Å². The van der Waals surface area contributed by atoms with Crippen LogP contribution in [0.3, 0.4) is 0 Å². The predicted octanol–water partition coefficient (Wildman–Crippen LogP) is 2.92. The van der Waals surface area contributed by atoms with E-state index in [0.717, 1.165) is 16.1 Å². The lowest BCUT2D eigenvalue weighted by atomic mass is 10.2. The van der Waals surface area contributed by atoms with Crippen LogP contribution in [0, 0.1) is 6.92 Å². The summed E-state index contributed by atoms with van der Waals surface area (Å²) >= 11 is 1.63. The Kier molecular flexibility index (Phi) is 4.20. The number of nitrogens with zero attached hydrogens (tertiary/aromatic N) is 2. The summed E-state index contributed by atoms with van der Waals surface area (Å²) in [5.41, 5.74) is 4.26. The summed E-state index contributed by atoms with van der Waals surface area (Å²) in [5.74, 6) is -0.213. The van der Waals surface area contributed by atoms with Crippen LogP contribution in [0.5, 0.6) is 5.75 Å². The number of H-pyrrole nitrogens is 1. The standard InChI is InChI=1S/C16H14N4O2S/c1-10-2-7-15(23-10)13-8-14(19-18-13)16(22)20-17-9-11-3-5-12(21)6-4-11/h2-9,21H,1H3,(H,18,19)(H,20,22)/b17-9-. The van der Waals surface area contributed by atoms with Gasteiger partial charge in [-0.25, -0.2) is 5.43 Å². The quantitative estimate of drug-likeness (QED) is 0.508. The molecule has 23 heavy (non-hydrogen) atoms. The van der Waals surface area contributed by atoms with E-state index in [4.69, 9.17) is 0 Å². The summed E-state index contributed by atoms with van der Waals surface area (Å²) < 4.78 is 0. The van der Waals surface area contributed by atoms with Crippen LogP contribution in [0.25, 0.3) is 10.6 Å². The average molecular weight is 326 g/mol. The van der Waals surface area contributed by atoms with E-state index < -0.39 is 5.91 Å². The number of carbonyl (C=O) groups is 1. The Bertz CT molecular complexity index is 849. The molecule has 1 aromatic carbocycles. The molecule has 0 aliphatic rings. The molecule has 0 aliphatic heterocycles. The summed E-state index contributed by atoms with van der Waals surface area (Å²) in [6.45, 7) is 2.02. The molecule has 2 aromatic heterocycles. The fourth-order valence-corrected chi connectivity index (χ4v) is 2.76. The minimum absolute atomic E-state index is 0.180. The van der Waals surface area contributed by atoms with Crippen LogP contribution in [0.2, 0.25) is 0 Å². The number of phenols is 1. The Morgan fingerprint density at radius 1 is 1.30 bits per heavy atom. The van der Waals surface area contributed by atoms with Gasteiger partial charge in [0.1, 0.15) is 5.75 Å². The number of benzene rings is 1. The number of thiophene rings is 1. The van der Waals surface area contributed by atoms with Crippen LogP contribution >= 0.6 is 11.3 Å². The third-order valence-corrected chi connectivity index (χ3v) is 4.12. The monoisotopic (exact) mass is 326 g/mol. The van der Waals surface area contributed by atoms with Gasteiger partial charge in [0.2, 0.25) is 0 Å². The maximum absolute atomic E-state index is 12.0. The van der Waals surface area contributed by atoms with Crippen molar-refractivity contribution in [2.45, 2.75) is 6.92 Å². The number of nitrogens with one attached hydrogen (secondary N) is 2. The molecule has 3 aromatic rings. The van der Waals surface area contributed by atoms with Crippen LogP contribution in [-0.2, 0) is 0 Å². The lowest BCUT2D eigenvalue weighted by molar-refractivity contribution is 0.0950. The van der Waals surface area contributed by atoms with Crippen molar-refractivity contribution >= 4 is 23.5 Å². The van der Waals surface area contributed by atoms with Crippen molar-refractivity contribution in [3.63, 3.8) is 0 Å². The molecule has 0 spiro atoms. The zero-order valence-electron chi connectivity index (χ0n) is 12.3. The van der Waals surface area contributed by atoms with Gasteiger partial charge in [-0.2, -0.15) is 10.2 Å². The van der Waals surface area contributed by atoms with Crippen molar-refractivity contribution in [1.82, 2.24) is 15.6 Å². The molecule has 0 saturated heterocycles. The summed E-state index contributed by atoms with van der Waals surface area (Å²) in [6.07, 6.45) is 1.49. The number of hydrogen-bond acceptors (Lipinski definition) is 5. The first-order chi connectivity index (χ1) is 11.1. The highest BCUT2D eigenvalue weighted by atomic mass is 32.1. The Balaban J connectivity index is 1.64. The van der Waals surface area contributed by atoms with Crippen LogP contribution in [0.4, 0.5) is 0 Å². The molecule has 3 rings (SSSR count). The van der Waals surface area contributed by atoms with Gasteiger partial charge in [-0.15, -0.1) is 11.3 Å². The van der Waals surface area contributed by atoms with Gasteiger partial charge >= 0.3 is 0 Å². The van der Waals surface area contributed by atoms with Gasteiger partial charge in [0.15, 0.2) is 5.69 Å². The number of aryl methyl sites for hydroxylation is 1. The smallest absolute Gasteiger partial charge is 0.291 e. The van der Waals surface area contributed by atoms with E-state index in [2.05, 4.69) is 20.7 Å². The number of amides is 1. The fraction of sp³-hybridized carbons (Fsp3) is 0.0625. The molecule has 7 heteroatoms. The first-order valence-electron chi connectivity index (χ1n) is 6.86. The molecular weight excluding hydrogens is 312 g/mol. The van der Waals surface area contributed by atoms with E-state index >= 15 is 0 Å². The summed E-state index contributed by atoms with van der Waals surface area (Å²) in [5, 5.41) is 19.9. The van der Waals surface area contributed by atoms with Crippen molar-refractivity contribution in [1.29, 1.82) is 0 Å². The van der Waals surface area contributed by atoms with Crippen LogP contribution < -0.4 is 5.43 Å². The maximum atomic E-state index is 12.0. The van der Waals surface area contributed by atoms with Gasteiger partial charge in [0, 0.05) is 4.88 Å². The predicted molar refractivity (Wildman–Crippen MR) is 89.8 cm³/mol. The zero-order chi connectivity index (χ0) is 16.2. The van der Waals surface area contributed by atoms with Crippen LogP contribution in [-0.4, -0.2) is 27.4 Å². The highest BCUT2D eigenvalue weighted by Crippen LogP contribution is 2.26. The van der Waals surface area contributed by atoms with Crippen molar-refractivity contribution in [2.75, 3.05) is 0 Å². The molecule has 0 fully saturated rings. The molecule has 0 bridgehead atoms. The molecule has 2 heterocycles. The van der Waals surface area contributed by atoms with Crippen molar-refractivity contribution in [3.05, 3.63) is 58.6 Å². The second kappa shape index (κ2) is 6.45. The van der Waals surface area contributed by atoms with E-state index in [1.54, 1.807) is 41.7 Å². The molecule has 0 unspecified atom stereocenters. The minimum Gasteiger partial charge on any atom is -0.508 e. The molecule has 0 aliphatic carbocycles. The average Bonchev–Trinajstić information content (AvgIpc) is 3.18. The minimum atomic E-state index is -0.393. The van der Waals surface area contributed by atoms with Crippen molar-refractivity contribution in [3.8, 4) is 16.3 Å².